The third kappa shape index (κ3) is 3.65. The van der Waals surface area contributed by atoms with Gasteiger partial charge in [0.2, 0.25) is 0 Å². The predicted octanol–water partition coefficient (Wildman–Crippen LogP) is 1.95. The molecule has 2 N–H and O–H groups in total. The van der Waals surface area contributed by atoms with Crippen LogP contribution in [0.2, 0.25) is 0 Å². The highest BCUT2D eigenvalue weighted by Gasteiger charge is 2.22. The largest absolute Gasteiger partial charge is 0.394 e. The van der Waals surface area contributed by atoms with Crippen LogP contribution < -0.4 is 0 Å². The molecular weight excluding hydrogens is 164 g/mol. The van der Waals surface area contributed by atoms with Crippen LogP contribution in [0.5, 0.6) is 0 Å². The molecule has 0 aromatic rings. The van der Waals surface area contributed by atoms with Gasteiger partial charge in [-0.15, -0.1) is 0 Å². The Labute approximate surface area is 81.0 Å². The van der Waals surface area contributed by atoms with E-state index in [9.17, 15) is 5.11 Å². The van der Waals surface area contributed by atoms with E-state index in [1.807, 2.05) is 0 Å². The number of rotatable bonds is 3. The van der Waals surface area contributed by atoms with Crippen molar-refractivity contribution in [1.29, 1.82) is 0 Å². The number of hydrogen-bond donors (Lipinski definition) is 2. The van der Waals surface area contributed by atoms with Crippen molar-refractivity contribution in [2.24, 2.45) is 11.8 Å². The lowest BCUT2D eigenvalue weighted by Gasteiger charge is -2.23. The van der Waals surface area contributed by atoms with Crippen LogP contribution in [0.3, 0.4) is 0 Å². The van der Waals surface area contributed by atoms with Gasteiger partial charge in [-0.2, -0.15) is 0 Å². The Morgan fingerprint density at radius 1 is 1.23 bits per heavy atom. The fourth-order valence-corrected chi connectivity index (χ4v) is 2.34. The smallest absolute Gasteiger partial charge is 0.0773 e. The molecule has 0 spiro atoms. The Morgan fingerprint density at radius 3 is 2.62 bits per heavy atom. The number of aliphatic hydroxyl groups excluding tert-OH is 2. The SMILES string of the molecule is C[C@@H]1CCCCC[C@H]1C[C@@H](O)CO. The number of hydrogen-bond acceptors (Lipinski definition) is 2. The molecule has 0 unspecified atom stereocenters. The Balaban J connectivity index is 2.35. The quantitative estimate of drug-likeness (QED) is 0.661. The van der Waals surface area contributed by atoms with E-state index >= 15 is 0 Å². The van der Waals surface area contributed by atoms with Crippen molar-refractivity contribution in [2.45, 2.75) is 51.6 Å². The van der Waals surface area contributed by atoms with Gasteiger partial charge in [-0.05, 0) is 18.3 Å². The van der Waals surface area contributed by atoms with Gasteiger partial charge in [-0.3, -0.25) is 0 Å². The summed E-state index contributed by atoms with van der Waals surface area (Å²) in [5, 5.41) is 18.1. The molecule has 3 atom stereocenters. The minimum Gasteiger partial charge on any atom is -0.394 e. The molecule has 2 nitrogen and oxygen atoms in total. The molecular formula is C11H22O2. The van der Waals surface area contributed by atoms with Crippen LogP contribution in [0.25, 0.3) is 0 Å². The summed E-state index contributed by atoms with van der Waals surface area (Å²) in [6.07, 6.45) is 6.81. The molecule has 1 fully saturated rings. The monoisotopic (exact) mass is 186 g/mol. The van der Waals surface area contributed by atoms with Crippen LogP contribution in [0.4, 0.5) is 0 Å². The van der Waals surface area contributed by atoms with Crippen molar-refractivity contribution in [3.63, 3.8) is 0 Å². The van der Waals surface area contributed by atoms with E-state index < -0.39 is 6.10 Å². The van der Waals surface area contributed by atoms with Crippen molar-refractivity contribution < 1.29 is 10.2 Å². The maximum absolute atomic E-state index is 9.37. The molecule has 0 heterocycles. The first-order chi connectivity index (χ1) is 6.24. The molecule has 1 aliphatic rings. The summed E-state index contributed by atoms with van der Waals surface area (Å²) >= 11 is 0. The fraction of sp³-hybridized carbons (Fsp3) is 1.00. The van der Waals surface area contributed by atoms with Crippen molar-refractivity contribution in [3.05, 3.63) is 0 Å². The molecule has 0 aromatic carbocycles. The summed E-state index contributed by atoms with van der Waals surface area (Å²) in [6, 6.07) is 0. The third-order valence-corrected chi connectivity index (χ3v) is 3.32. The molecule has 78 valence electrons. The van der Waals surface area contributed by atoms with E-state index in [4.69, 9.17) is 5.11 Å². The van der Waals surface area contributed by atoms with Crippen LogP contribution in [0, 0.1) is 11.8 Å². The molecule has 2 heteroatoms. The topological polar surface area (TPSA) is 40.5 Å². The number of aliphatic hydroxyl groups is 2. The zero-order chi connectivity index (χ0) is 9.68. The van der Waals surface area contributed by atoms with Gasteiger partial charge in [0.1, 0.15) is 0 Å². The first kappa shape index (κ1) is 11.0. The lowest BCUT2D eigenvalue weighted by molar-refractivity contribution is 0.0641. The Morgan fingerprint density at radius 2 is 1.92 bits per heavy atom. The molecule has 1 rings (SSSR count). The summed E-state index contributed by atoms with van der Waals surface area (Å²) in [5.74, 6) is 1.35. The van der Waals surface area contributed by atoms with Gasteiger partial charge < -0.3 is 10.2 Å². The lowest BCUT2D eigenvalue weighted by atomic mass is 9.85. The van der Waals surface area contributed by atoms with Crippen LogP contribution in [0.15, 0.2) is 0 Å². The second kappa shape index (κ2) is 5.61. The van der Waals surface area contributed by atoms with Crippen LogP contribution >= 0.6 is 0 Å². The van der Waals surface area contributed by atoms with Gasteiger partial charge in [0.05, 0.1) is 12.7 Å². The standard InChI is InChI=1S/C11H22O2/c1-9-5-3-2-4-6-10(9)7-11(13)8-12/h9-13H,2-8H2,1H3/t9-,10+,11-/m1/s1. The first-order valence-electron chi connectivity index (χ1n) is 5.53. The summed E-state index contributed by atoms with van der Waals surface area (Å²) in [6.45, 7) is 2.20. The average Bonchev–Trinajstić information content (AvgIpc) is 2.32. The molecule has 13 heavy (non-hydrogen) atoms. The van der Waals surface area contributed by atoms with Crippen LogP contribution in [-0.2, 0) is 0 Å². The Hall–Kier alpha value is -0.0800. The third-order valence-electron chi connectivity index (χ3n) is 3.32. The molecule has 0 bridgehead atoms. The normalized spacial score (nSPS) is 32.5. The Bertz CT molecular complexity index is 136. The molecule has 0 aliphatic heterocycles. The second-order valence-corrected chi connectivity index (χ2v) is 4.45. The summed E-state index contributed by atoms with van der Waals surface area (Å²) in [4.78, 5) is 0. The maximum Gasteiger partial charge on any atom is 0.0773 e. The van der Waals surface area contributed by atoms with Gasteiger partial charge in [0.15, 0.2) is 0 Å². The lowest BCUT2D eigenvalue weighted by Crippen LogP contribution is -2.21. The van der Waals surface area contributed by atoms with Crippen molar-refractivity contribution >= 4 is 0 Å². The van der Waals surface area contributed by atoms with Gasteiger partial charge >= 0.3 is 0 Å². The van der Waals surface area contributed by atoms with E-state index in [1.54, 1.807) is 0 Å². The highest BCUT2D eigenvalue weighted by atomic mass is 16.3. The van der Waals surface area contributed by atoms with Crippen LogP contribution in [-0.4, -0.2) is 22.9 Å². The van der Waals surface area contributed by atoms with E-state index in [1.165, 1.54) is 32.1 Å². The highest BCUT2D eigenvalue weighted by Crippen LogP contribution is 2.31. The molecule has 0 saturated heterocycles. The van der Waals surface area contributed by atoms with E-state index in [2.05, 4.69) is 6.92 Å². The molecule has 1 saturated carbocycles. The van der Waals surface area contributed by atoms with E-state index in [0.29, 0.717) is 5.92 Å². The van der Waals surface area contributed by atoms with Crippen molar-refractivity contribution in [3.8, 4) is 0 Å². The minimum atomic E-state index is -0.495. The second-order valence-electron chi connectivity index (χ2n) is 4.45. The zero-order valence-corrected chi connectivity index (χ0v) is 8.58. The summed E-state index contributed by atoms with van der Waals surface area (Å²) < 4.78 is 0. The molecule has 0 radical (unpaired) electrons. The van der Waals surface area contributed by atoms with Crippen molar-refractivity contribution in [1.82, 2.24) is 0 Å². The first-order valence-corrected chi connectivity index (χ1v) is 5.53. The van der Waals surface area contributed by atoms with Gasteiger partial charge in [0.25, 0.3) is 0 Å². The van der Waals surface area contributed by atoms with Crippen molar-refractivity contribution in [2.75, 3.05) is 6.61 Å². The van der Waals surface area contributed by atoms with Crippen LogP contribution in [0.1, 0.15) is 45.4 Å². The summed E-state index contributed by atoms with van der Waals surface area (Å²) in [5.41, 5.74) is 0. The van der Waals surface area contributed by atoms with E-state index in [0.717, 1.165) is 12.3 Å². The summed E-state index contributed by atoms with van der Waals surface area (Å²) in [7, 11) is 0. The molecule has 0 amide bonds. The average molecular weight is 186 g/mol. The van der Waals surface area contributed by atoms with Gasteiger partial charge in [0, 0.05) is 0 Å². The van der Waals surface area contributed by atoms with E-state index in [-0.39, 0.29) is 6.61 Å². The predicted molar refractivity (Wildman–Crippen MR) is 53.4 cm³/mol. The Kier molecular flexibility index (Phi) is 4.74. The van der Waals surface area contributed by atoms with Gasteiger partial charge in [-0.1, -0.05) is 39.0 Å². The fourth-order valence-electron chi connectivity index (χ4n) is 2.34. The molecule has 1 aliphatic carbocycles. The minimum absolute atomic E-state index is 0.0801. The maximum atomic E-state index is 9.37. The molecule has 0 aromatic heterocycles. The zero-order valence-electron chi connectivity index (χ0n) is 8.58. The highest BCUT2D eigenvalue weighted by molar-refractivity contribution is 4.73. The van der Waals surface area contributed by atoms with Gasteiger partial charge in [-0.25, -0.2) is 0 Å².